The Balaban J connectivity index is 1.29. The van der Waals surface area contributed by atoms with Crippen molar-refractivity contribution in [3.63, 3.8) is 0 Å². The number of nitrogens with one attached hydrogen (secondary N) is 1. The highest BCUT2D eigenvalue weighted by Gasteiger charge is 2.19. The van der Waals surface area contributed by atoms with Crippen molar-refractivity contribution in [2.75, 3.05) is 12.4 Å². The minimum atomic E-state index is -0.235. The Morgan fingerprint density at radius 3 is 2.37 bits per heavy atom. The van der Waals surface area contributed by atoms with Crippen LogP contribution in [0.3, 0.4) is 0 Å². The topological polar surface area (TPSA) is 69.0 Å². The average Bonchev–Trinajstić information content (AvgIpc) is 3.59. The fraction of sp³-hybridized carbons (Fsp3) is 0.0645. The number of thiazole rings is 1. The second-order valence-electron chi connectivity index (χ2n) is 8.92. The van der Waals surface area contributed by atoms with Gasteiger partial charge in [-0.2, -0.15) is 5.10 Å². The van der Waals surface area contributed by atoms with Crippen LogP contribution in [0.4, 0.5) is 5.69 Å². The van der Waals surface area contributed by atoms with Crippen LogP contribution < -0.4 is 10.1 Å². The number of benzene rings is 4. The van der Waals surface area contributed by atoms with Crippen LogP contribution in [0.25, 0.3) is 37.7 Å². The molecule has 0 aliphatic heterocycles. The molecule has 0 saturated carbocycles. The predicted molar refractivity (Wildman–Crippen MR) is 153 cm³/mol. The first-order valence-corrected chi connectivity index (χ1v) is 13.0. The van der Waals surface area contributed by atoms with Gasteiger partial charge in [-0.3, -0.25) is 4.79 Å². The first kappa shape index (κ1) is 23.6. The minimum Gasteiger partial charge on any atom is -0.497 e. The summed E-state index contributed by atoms with van der Waals surface area (Å²) in [6.07, 6.45) is 1.77. The summed E-state index contributed by atoms with van der Waals surface area (Å²) >= 11 is 1.67. The van der Waals surface area contributed by atoms with Crippen molar-refractivity contribution in [2.24, 2.45) is 0 Å². The highest BCUT2D eigenvalue weighted by molar-refractivity contribution is 7.21. The average molecular weight is 517 g/mol. The smallest absolute Gasteiger partial charge is 0.259 e. The maximum absolute atomic E-state index is 13.5. The minimum absolute atomic E-state index is 0.235. The molecule has 0 fully saturated rings. The number of aryl methyl sites for hydroxylation is 1. The number of carbonyl (C=O) groups is 1. The SMILES string of the molecule is COc1ccc(-c2nn(-c3ccccc3)cc2C(=O)Nc2ccc(-c3nc4ccc(C)cc4s3)cc2)cc1. The Kier molecular flexibility index (Phi) is 6.19. The number of amides is 1. The van der Waals surface area contributed by atoms with E-state index in [4.69, 9.17) is 14.8 Å². The normalized spacial score (nSPS) is 11.0. The van der Waals surface area contributed by atoms with E-state index in [-0.39, 0.29) is 5.91 Å². The van der Waals surface area contributed by atoms with E-state index in [1.54, 1.807) is 29.3 Å². The Bertz CT molecular complexity index is 1740. The van der Waals surface area contributed by atoms with Crippen LogP contribution in [0.5, 0.6) is 5.75 Å². The fourth-order valence-electron chi connectivity index (χ4n) is 4.27. The molecule has 6 nitrogen and oxygen atoms in total. The van der Waals surface area contributed by atoms with Crippen molar-refractivity contribution in [1.29, 1.82) is 0 Å². The van der Waals surface area contributed by atoms with Gasteiger partial charge in [-0.15, -0.1) is 11.3 Å². The summed E-state index contributed by atoms with van der Waals surface area (Å²) in [5, 5.41) is 8.75. The quantitative estimate of drug-likeness (QED) is 0.251. The summed E-state index contributed by atoms with van der Waals surface area (Å²) in [5.41, 5.74) is 6.69. The Labute approximate surface area is 224 Å². The van der Waals surface area contributed by atoms with Gasteiger partial charge in [-0.05, 0) is 85.3 Å². The second-order valence-corrected chi connectivity index (χ2v) is 9.95. The second kappa shape index (κ2) is 9.95. The van der Waals surface area contributed by atoms with Gasteiger partial charge in [0.15, 0.2) is 0 Å². The van der Waals surface area contributed by atoms with Crippen molar-refractivity contribution >= 4 is 33.1 Å². The molecule has 1 N–H and O–H groups in total. The van der Waals surface area contributed by atoms with E-state index in [0.717, 1.165) is 33.1 Å². The molecule has 0 bridgehead atoms. The van der Waals surface area contributed by atoms with Crippen LogP contribution in [-0.2, 0) is 0 Å². The van der Waals surface area contributed by atoms with Crippen molar-refractivity contribution in [2.45, 2.75) is 6.92 Å². The largest absolute Gasteiger partial charge is 0.497 e. The van der Waals surface area contributed by atoms with Gasteiger partial charge in [0, 0.05) is 23.0 Å². The van der Waals surface area contributed by atoms with Crippen molar-refractivity contribution in [1.82, 2.24) is 14.8 Å². The number of hydrogen-bond donors (Lipinski definition) is 1. The summed E-state index contributed by atoms with van der Waals surface area (Å²) in [7, 11) is 1.63. The first-order valence-electron chi connectivity index (χ1n) is 12.2. The number of aromatic nitrogens is 3. The zero-order chi connectivity index (χ0) is 26.1. The van der Waals surface area contributed by atoms with Crippen LogP contribution in [0.2, 0.25) is 0 Å². The molecular formula is C31H24N4O2S. The first-order chi connectivity index (χ1) is 18.6. The van der Waals surface area contributed by atoms with E-state index >= 15 is 0 Å². The lowest BCUT2D eigenvalue weighted by Gasteiger charge is -2.07. The van der Waals surface area contributed by atoms with Gasteiger partial charge >= 0.3 is 0 Å². The van der Waals surface area contributed by atoms with Gasteiger partial charge < -0.3 is 10.1 Å². The van der Waals surface area contributed by atoms with Crippen LogP contribution in [0.15, 0.2) is 103 Å². The molecule has 7 heteroatoms. The molecule has 0 unspecified atom stereocenters. The van der Waals surface area contributed by atoms with Crippen molar-refractivity contribution in [3.05, 3.63) is 114 Å². The summed E-state index contributed by atoms with van der Waals surface area (Å²) in [5.74, 6) is 0.506. The molecule has 0 radical (unpaired) electrons. The number of carbonyl (C=O) groups excluding carboxylic acids is 1. The summed E-state index contributed by atoms with van der Waals surface area (Å²) < 4.78 is 8.19. The number of methoxy groups -OCH3 is 1. The molecule has 6 rings (SSSR count). The molecule has 38 heavy (non-hydrogen) atoms. The molecule has 0 saturated heterocycles. The Hall–Kier alpha value is -4.75. The maximum Gasteiger partial charge on any atom is 0.259 e. The lowest BCUT2D eigenvalue weighted by molar-refractivity contribution is 0.102. The molecule has 0 aliphatic rings. The van der Waals surface area contributed by atoms with Gasteiger partial charge in [-0.25, -0.2) is 9.67 Å². The highest BCUT2D eigenvalue weighted by Crippen LogP contribution is 2.32. The molecule has 0 aliphatic carbocycles. The molecule has 4 aromatic carbocycles. The van der Waals surface area contributed by atoms with Crippen LogP contribution in [-0.4, -0.2) is 27.8 Å². The Morgan fingerprint density at radius 2 is 1.63 bits per heavy atom. The molecule has 186 valence electrons. The number of hydrogen-bond acceptors (Lipinski definition) is 5. The van der Waals surface area contributed by atoms with Gasteiger partial charge in [-0.1, -0.05) is 24.3 Å². The van der Waals surface area contributed by atoms with Crippen LogP contribution in [0, 0.1) is 6.92 Å². The van der Waals surface area contributed by atoms with E-state index in [9.17, 15) is 4.79 Å². The van der Waals surface area contributed by atoms with E-state index in [1.165, 1.54) is 10.3 Å². The lowest BCUT2D eigenvalue weighted by atomic mass is 10.1. The maximum atomic E-state index is 13.5. The number of anilines is 1. The van der Waals surface area contributed by atoms with E-state index in [2.05, 4.69) is 30.4 Å². The molecule has 6 aromatic rings. The molecule has 0 atom stereocenters. The Morgan fingerprint density at radius 1 is 0.895 bits per heavy atom. The highest BCUT2D eigenvalue weighted by atomic mass is 32.1. The summed E-state index contributed by atoms with van der Waals surface area (Å²) in [6, 6.07) is 31.3. The van der Waals surface area contributed by atoms with E-state index < -0.39 is 0 Å². The third kappa shape index (κ3) is 4.67. The van der Waals surface area contributed by atoms with Crippen molar-refractivity contribution < 1.29 is 9.53 Å². The van der Waals surface area contributed by atoms with Gasteiger partial charge in [0.05, 0.1) is 28.6 Å². The zero-order valence-electron chi connectivity index (χ0n) is 20.9. The third-order valence-electron chi connectivity index (χ3n) is 6.28. The number of para-hydroxylation sites is 1. The summed E-state index contributed by atoms with van der Waals surface area (Å²) in [4.78, 5) is 18.2. The van der Waals surface area contributed by atoms with Crippen LogP contribution >= 0.6 is 11.3 Å². The van der Waals surface area contributed by atoms with Gasteiger partial charge in [0.25, 0.3) is 5.91 Å². The number of fused-ring (bicyclic) bond motifs is 1. The fourth-order valence-corrected chi connectivity index (χ4v) is 5.33. The molecule has 1 amide bonds. The molecule has 0 spiro atoms. The molecule has 2 aromatic heterocycles. The van der Waals surface area contributed by atoms with Gasteiger partial charge in [0.1, 0.15) is 16.5 Å². The van der Waals surface area contributed by atoms with E-state index in [0.29, 0.717) is 16.9 Å². The number of rotatable bonds is 6. The molecule has 2 heterocycles. The third-order valence-corrected chi connectivity index (χ3v) is 7.34. The van der Waals surface area contributed by atoms with Gasteiger partial charge in [0.2, 0.25) is 0 Å². The number of nitrogens with zero attached hydrogens (tertiary/aromatic N) is 3. The predicted octanol–water partition coefficient (Wildman–Crippen LogP) is 7.39. The molecular weight excluding hydrogens is 492 g/mol. The standard InChI is InChI=1S/C31H24N4O2S/c1-20-8-17-27-28(18-20)38-31(33-27)22-9-13-23(14-10-22)32-30(36)26-19-35(24-6-4-3-5-7-24)34-29(26)21-11-15-25(37-2)16-12-21/h3-19H,1-2H3,(H,32,36). The monoisotopic (exact) mass is 516 g/mol. The summed E-state index contributed by atoms with van der Waals surface area (Å²) in [6.45, 7) is 2.08. The number of ether oxygens (including phenoxy) is 1. The lowest BCUT2D eigenvalue weighted by Crippen LogP contribution is -2.12. The zero-order valence-corrected chi connectivity index (χ0v) is 21.7. The van der Waals surface area contributed by atoms with E-state index in [1.807, 2.05) is 78.9 Å². The van der Waals surface area contributed by atoms with Crippen LogP contribution in [0.1, 0.15) is 15.9 Å². The van der Waals surface area contributed by atoms with Crippen molar-refractivity contribution in [3.8, 4) is 33.3 Å².